The molecule has 1 aromatic rings. The maximum atomic E-state index is 11.6. The Hall–Kier alpha value is -2.05. The molecule has 0 amide bonds. The van der Waals surface area contributed by atoms with Gasteiger partial charge in [0.05, 0.1) is 13.0 Å². The van der Waals surface area contributed by atoms with Gasteiger partial charge in [-0.1, -0.05) is 13.3 Å². The van der Waals surface area contributed by atoms with E-state index in [0.717, 1.165) is 57.0 Å². The summed E-state index contributed by atoms with van der Waals surface area (Å²) >= 11 is 0. The second-order valence-electron chi connectivity index (χ2n) is 5.53. The molecular weight excluding hydrogens is 282 g/mol. The quantitative estimate of drug-likeness (QED) is 0.609. The number of nitrogens with one attached hydrogen (secondary N) is 1. The molecule has 7 nitrogen and oxygen atoms in total. The molecule has 1 fully saturated rings. The topological polar surface area (TPSA) is 93.4 Å². The van der Waals surface area contributed by atoms with E-state index in [-0.39, 0.29) is 17.8 Å². The van der Waals surface area contributed by atoms with Crippen molar-refractivity contribution in [3.63, 3.8) is 0 Å². The Labute approximate surface area is 131 Å². The Balaban J connectivity index is 1.99. The van der Waals surface area contributed by atoms with Crippen LogP contribution in [0.3, 0.4) is 0 Å². The van der Waals surface area contributed by atoms with E-state index < -0.39 is 0 Å². The number of methoxy groups -OCH3 is 1. The maximum absolute atomic E-state index is 11.6. The highest BCUT2D eigenvalue weighted by Gasteiger charge is 2.26. The van der Waals surface area contributed by atoms with Gasteiger partial charge in [0.2, 0.25) is 5.95 Å². The van der Waals surface area contributed by atoms with Crippen molar-refractivity contribution in [2.24, 2.45) is 5.92 Å². The van der Waals surface area contributed by atoms with Gasteiger partial charge in [-0.25, -0.2) is 0 Å². The summed E-state index contributed by atoms with van der Waals surface area (Å²) in [5, 5.41) is 3.27. The highest BCUT2D eigenvalue weighted by molar-refractivity contribution is 5.72. The number of nitrogen functional groups attached to an aromatic ring is 1. The van der Waals surface area contributed by atoms with E-state index in [1.807, 2.05) is 6.07 Å². The first-order valence-corrected chi connectivity index (χ1v) is 7.85. The molecule has 0 radical (unpaired) electrons. The van der Waals surface area contributed by atoms with Crippen LogP contribution in [0.1, 0.15) is 32.6 Å². The second kappa shape index (κ2) is 7.82. The molecule has 0 spiro atoms. The largest absolute Gasteiger partial charge is 0.469 e. The number of aromatic nitrogens is 2. The van der Waals surface area contributed by atoms with Gasteiger partial charge in [-0.05, 0) is 19.3 Å². The summed E-state index contributed by atoms with van der Waals surface area (Å²) in [4.78, 5) is 22.2. The smallest absolute Gasteiger partial charge is 0.308 e. The third-order valence-electron chi connectivity index (χ3n) is 3.92. The van der Waals surface area contributed by atoms with Crippen LogP contribution in [-0.4, -0.2) is 42.7 Å². The van der Waals surface area contributed by atoms with Crippen LogP contribution in [0.25, 0.3) is 0 Å². The fourth-order valence-electron chi connectivity index (χ4n) is 2.61. The summed E-state index contributed by atoms with van der Waals surface area (Å²) in [6, 6.07) is 1.92. The molecule has 0 saturated carbocycles. The molecule has 122 valence electrons. The summed E-state index contributed by atoms with van der Waals surface area (Å²) in [6.07, 6.45) is 3.76. The first kappa shape index (κ1) is 16.3. The van der Waals surface area contributed by atoms with Gasteiger partial charge in [-0.2, -0.15) is 9.97 Å². The molecule has 0 aliphatic carbocycles. The number of esters is 1. The SMILES string of the molecule is CCCCNc1cc(N2CCC(C(=O)OC)CC2)nc(N)n1. The van der Waals surface area contributed by atoms with Crippen LogP contribution in [0.2, 0.25) is 0 Å². The van der Waals surface area contributed by atoms with Gasteiger partial charge in [0.1, 0.15) is 11.6 Å². The predicted molar refractivity (Wildman–Crippen MR) is 86.8 cm³/mol. The molecule has 7 heteroatoms. The number of rotatable bonds is 6. The molecule has 2 rings (SSSR count). The van der Waals surface area contributed by atoms with Gasteiger partial charge < -0.3 is 20.7 Å². The van der Waals surface area contributed by atoms with Crippen molar-refractivity contribution >= 4 is 23.6 Å². The third-order valence-corrected chi connectivity index (χ3v) is 3.92. The van der Waals surface area contributed by atoms with Gasteiger partial charge in [-0.3, -0.25) is 4.79 Å². The summed E-state index contributed by atoms with van der Waals surface area (Å²) in [6.45, 7) is 4.55. The van der Waals surface area contributed by atoms with Crippen LogP contribution < -0.4 is 16.0 Å². The number of carbonyl (C=O) groups is 1. The fourth-order valence-corrected chi connectivity index (χ4v) is 2.61. The molecule has 22 heavy (non-hydrogen) atoms. The zero-order valence-electron chi connectivity index (χ0n) is 13.3. The van der Waals surface area contributed by atoms with Crippen LogP contribution >= 0.6 is 0 Å². The van der Waals surface area contributed by atoms with E-state index in [0.29, 0.717) is 0 Å². The lowest BCUT2D eigenvalue weighted by molar-refractivity contribution is -0.146. The Morgan fingerprint density at radius 2 is 2.18 bits per heavy atom. The van der Waals surface area contributed by atoms with Crippen molar-refractivity contribution in [3.8, 4) is 0 Å². The molecule has 1 aromatic heterocycles. The van der Waals surface area contributed by atoms with E-state index in [1.54, 1.807) is 0 Å². The zero-order chi connectivity index (χ0) is 15.9. The van der Waals surface area contributed by atoms with Gasteiger partial charge in [0, 0.05) is 25.7 Å². The van der Waals surface area contributed by atoms with E-state index in [4.69, 9.17) is 10.5 Å². The molecule has 1 aliphatic heterocycles. The van der Waals surface area contributed by atoms with E-state index in [9.17, 15) is 4.79 Å². The van der Waals surface area contributed by atoms with E-state index >= 15 is 0 Å². The number of hydrogen-bond donors (Lipinski definition) is 2. The van der Waals surface area contributed by atoms with Crippen LogP contribution in [0.4, 0.5) is 17.6 Å². The lowest BCUT2D eigenvalue weighted by Crippen LogP contribution is -2.37. The zero-order valence-corrected chi connectivity index (χ0v) is 13.3. The van der Waals surface area contributed by atoms with Gasteiger partial charge in [-0.15, -0.1) is 0 Å². The Morgan fingerprint density at radius 1 is 1.45 bits per heavy atom. The molecule has 0 bridgehead atoms. The maximum Gasteiger partial charge on any atom is 0.308 e. The van der Waals surface area contributed by atoms with Crippen molar-refractivity contribution in [2.45, 2.75) is 32.6 Å². The number of nitrogens with two attached hydrogens (primary N) is 1. The minimum absolute atomic E-state index is 0.0115. The van der Waals surface area contributed by atoms with Crippen LogP contribution in [0.15, 0.2) is 6.07 Å². The van der Waals surface area contributed by atoms with Gasteiger partial charge >= 0.3 is 5.97 Å². The Kier molecular flexibility index (Phi) is 5.80. The molecule has 3 N–H and O–H groups in total. The fraction of sp³-hybridized carbons (Fsp3) is 0.667. The molecule has 0 unspecified atom stereocenters. The molecule has 0 aromatic carbocycles. The van der Waals surface area contributed by atoms with Gasteiger partial charge in [0.15, 0.2) is 0 Å². The molecule has 0 atom stereocenters. The first-order valence-electron chi connectivity index (χ1n) is 7.85. The Bertz CT molecular complexity index is 501. The van der Waals surface area contributed by atoms with E-state index in [1.165, 1.54) is 7.11 Å². The molecular formula is C15H25N5O2. The number of ether oxygens (including phenoxy) is 1. The van der Waals surface area contributed by atoms with Crippen molar-refractivity contribution in [1.82, 2.24) is 9.97 Å². The summed E-state index contributed by atoms with van der Waals surface area (Å²) in [5.74, 6) is 1.71. The van der Waals surface area contributed by atoms with Gasteiger partial charge in [0.25, 0.3) is 0 Å². The van der Waals surface area contributed by atoms with Crippen LogP contribution in [-0.2, 0) is 9.53 Å². The summed E-state index contributed by atoms with van der Waals surface area (Å²) in [5.41, 5.74) is 5.80. The van der Waals surface area contributed by atoms with Crippen molar-refractivity contribution < 1.29 is 9.53 Å². The number of piperidine rings is 1. The predicted octanol–water partition coefficient (Wildman–Crippen LogP) is 1.66. The average molecular weight is 307 g/mol. The van der Waals surface area contributed by atoms with Crippen molar-refractivity contribution in [3.05, 3.63) is 6.07 Å². The first-order chi connectivity index (χ1) is 10.6. The monoisotopic (exact) mass is 307 g/mol. The summed E-state index contributed by atoms with van der Waals surface area (Å²) in [7, 11) is 1.44. The summed E-state index contributed by atoms with van der Waals surface area (Å²) < 4.78 is 4.81. The second-order valence-corrected chi connectivity index (χ2v) is 5.53. The normalized spacial score (nSPS) is 15.6. The number of hydrogen-bond acceptors (Lipinski definition) is 7. The Morgan fingerprint density at radius 3 is 2.82 bits per heavy atom. The van der Waals surface area contributed by atoms with Crippen molar-refractivity contribution in [2.75, 3.05) is 42.7 Å². The standard InChI is InChI=1S/C15H25N5O2/c1-3-4-7-17-12-10-13(19-15(16)18-12)20-8-5-11(6-9-20)14(21)22-2/h10-11H,3-9H2,1-2H3,(H3,16,17,18,19). The highest BCUT2D eigenvalue weighted by atomic mass is 16.5. The van der Waals surface area contributed by atoms with Crippen LogP contribution in [0.5, 0.6) is 0 Å². The molecule has 2 heterocycles. The molecule has 1 aliphatic rings. The lowest BCUT2D eigenvalue weighted by Gasteiger charge is -2.31. The lowest BCUT2D eigenvalue weighted by atomic mass is 9.97. The highest BCUT2D eigenvalue weighted by Crippen LogP contribution is 2.24. The van der Waals surface area contributed by atoms with Crippen LogP contribution in [0, 0.1) is 5.92 Å². The third kappa shape index (κ3) is 4.22. The average Bonchev–Trinajstić information content (AvgIpc) is 2.54. The number of anilines is 3. The number of nitrogens with zero attached hydrogens (tertiary/aromatic N) is 3. The van der Waals surface area contributed by atoms with Crippen molar-refractivity contribution in [1.29, 1.82) is 0 Å². The molecule has 1 saturated heterocycles. The number of carbonyl (C=O) groups excluding carboxylic acids is 1. The van der Waals surface area contributed by atoms with E-state index in [2.05, 4.69) is 27.1 Å². The minimum Gasteiger partial charge on any atom is -0.469 e. The number of unbranched alkanes of at least 4 members (excludes halogenated alkanes) is 1. The minimum atomic E-state index is -0.122.